The van der Waals surface area contributed by atoms with E-state index in [1.807, 2.05) is 13.2 Å². The van der Waals surface area contributed by atoms with Crippen molar-refractivity contribution in [2.45, 2.75) is 18.7 Å². The second-order valence-electron chi connectivity index (χ2n) is 4.85. The second-order valence-corrected chi connectivity index (χ2v) is 6.12. The van der Waals surface area contributed by atoms with Crippen molar-refractivity contribution in [1.82, 2.24) is 15.1 Å². The van der Waals surface area contributed by atoms with Crippen LogP contribution in [0.5, 0.6) is 0 Å². The van der Waals surface area contributed by atoms with E-state index in [0.717, 1.165) is 0 Å². The van der Waals surface area contributed by atoms with Crippen LogP contribution in [0.25, 0.3) is 0 Å². The van der Waals surface area contributed by atoms with Gasteiger partial charge < -0.3 is 5.32 Å². The first-order valence-electron chi connectivity index (χ1n) is 6.93. The Bertz CT molecular complexity index is 632. The van der Waals surface area contributed by atoms with Crippen LogP contribution in [0.4, 0.5) is 15.0 Å². The molecule has 2 N–H and O–H groups in total. The highest BCUT2D eigenvalue weighted by Crippen LogP contribution is 2.13. The zero-order valence-electron chi connectivity index (χ0n) is 12.5. The Labute approximate surface area is 133 Å². The zero-order chi connectivity index (χ0) is 15.9. The van der Waals surface area contributed by atoms with Crippen molar-refractivity contribution in [3.05, 3.63) is 47.9 Å². The molecule has 7 heteroatoms. The molecule has 0 fully saturated rings. The third kappa shape index (κ3) is 4.49. The number of aromatic nitrogens is 2. The van der Waals surface area contributed by atoms with Crippen LogP contribution in [0.3, 0.4) is 0 Å². The van der Waals surface area contributed by atoms with Gasteiger partial charge in [0.25, 0.3) is 0 Å². The van der Waals surface area contributed by atoms with Gasteiger partial charge in [-0.2, -0.15) is 16.9 Å². The molecule has 0 spiro atoms. The van der Waals surface area contributed by atoms with Gasteiger partial charge in [0.1, 0.15) is 11.6 Å². The van der Waals surface area contributed by atoms with Crippen LogP contribution in [0.15, 0.2) is 36.5 Å². The summed E-state index contributed by atoms with van der Waals surface area (Å²) in [6.07, 6.45) is 3.56. The van der Waals surface area contributed by atoms with Crippen molar-refractivity contribution in [1.29, 1.82) is 0 Å². The molecular weight excluding hydrogens is 303 g/mol. The number of thioether (sulfide) groups is 1. The highest BCUT2D eigenvalue weighted by atomic mass is 32.2. The summed E-state index contributed by atoms with van der Waals surface area (Å²) in [7, 11) is 0. The topological polar surface area (TPSA) is 59.0 Å². The van der Waals surface area contributed by atoms with Gasteiger partial charge in [-0.1, -0.05) is 25.1 Å². The van der Waals surface area contributed by atoms with Gasteiger partial charge in [-0.15, -0.1) is 0 Å². The molecule has 22 heavy (non-hydrogen) atoms. The monoisotopic (exact) mass is 322 g/mol. The van der Waals surface area contributed by atoms with Crippen molar-refractivity contribution >= 4 is 23.6 Å². The number of benzene rings is 1. The smallest absolute Gasteiger partial charge is 0.320 e. The molecule has 0 radical (unpaired) electrons. The summed E-state index contributed by atoms with van der Waals surface area (Å²) in [5.41, 5.74) is 0.519. The Morgan fingerprint density at radius 3 is 2.91 bits per heavy atom. The summed E-state index contributed by atoms with van der Waals surface area (Å²) in [5.74, 6) is 0.236. The summed E-state index contributed by atoms with van der Waals surface area (Å²) in [4.78, 5) is 11.9. The summed E-state index contributed by atoms with van der Waals surface area (Å²) in [6, 6.07) is 7.89. The van der Waals surface area contributed by atoms with E-state index in [0.29, 0.717) is 23.2 Å². The van der Waals surface area contributed by atoms with Gasteiger partial charge in [0.2, 0.25) is 0 Å². The third-order valence-corrected chi connectivity index (χ3v) is 4.16. The lowest BCUT2D eigenvalue weighted by atomic mass is 10.2. The number of anilines is 1. The highest BCUT2D eigenvalue weighted by Gasteiger charge is 2.10. The molecule has 2 amide bonds. The maximum atomic E-state index is 13.7. The number of hydrogen-bond donors (Lipinski definition) is 2. The number of hydrogen-bond acceptors (Lipinski definition) is 3. The van der Waals surface area contributed by atoms with E-state index in [4.69, 9.17) is 0 Å². The first kappa shape index (κ1) is 16.4. The molecule has 2 rings (SSSR count). The Kier molecular flexibility index (Phi) is 5.83. The quantitative estimate of drug-likeness (QED) is 0.859. The second kappa shape index (κ2) is 7.84. The minimum atomic E-state index is -0.295. The summed E-state index contributed by atoms with van der Waals surface area (Å²) >= 11 is 1.68. The number of nitrogens with zero attached hydrogens (tertiary/aromatic N) is 2. The first-order chi connectivity index (χ1) is 10.6. The van der Waals surface area contributed by atoms with Crippen molar-refractivity contribution < 1.29 is 9.18 Å². The average molecular weight is 322 g/mol. The first-order valence-corrected chi connectivity index (χ1v) is 8.22. The third-order valence-electron chi connectivity index (χ3n) is 3.19. The molecule has 0 aliphatic heterocycles. The Morgan fingerprint density at radius 1 is 1.41 bits per heavy atom. The van der Waals surface area contributed by atoms with E-state index >= 15 is 0 Å². The number of carbonyl (C=O) groups excluding carboxylic acids is 1. The van der Waals surface area contributed by atoms with Gasteiger partial charge in [0, 0.05) is 23.4 Å². The molecule has 5 nitrogen and oxygen atoms in total. The van der Waals surface area contributed by atoms with Gasteiger partial charge >= 0.3 is 6.03 Å². The molecular formula is C15H19FN4OS. The molecule has 118 valence electrons. The van der Waals surface area contributed by atoms with Gasteiger partial charge in [0.15, 0.2) is 0 Å². The van der Waals surface area contributed by atoms with Crippen molar-refractivity contribution in [2.75, 3.05) is 18.1 Å². The van der Waals surface area contributed by atoms with Gasteiger partial charge in [-0.3, -0.25) is 5.32 Å². The predicted octanol–water partition coefficient (Wildman–Crippen LogP) is 2.94. The average Bonchev–Trinajstić information content (AvgIpc) is 2.94. The van der Waals surface area contributed by atoms with E-state index in [1.165, 1.54) is 6.07 Å². The summed E-state index contributed by atoms with van der Waals surface area (Å²) in [5, 5.41) is 9.98. The standard InChI is InChI=1S/C15H19FN4OS/c1-11(22-2)9-17-15(21)19-14-7-8-18-20(14)10-12-5-3-4-6-13(12)16/h3-8,11H,9-10H2,1-2H3,(H2,17,19,21). The molecule has 1 unspecified atom stereocenters. The molecule has 0 saturated carbocycles. The fourth-order valence-electron chi connectivity index (χ4n) is 1.83. The number of amides is 2. The maximum Gasteiger partial charge on any atom is 0.320 e. The van der Waals surface area contributed by atoms with Gasteiger partial charge in [0.05, 0.1) is 12.7 Å². The Hall–Kier alpha value is -2.02. The molecule has 1 aromatic carbocycles. The molecule has 1 atom stereocenters. The van der Waals surface area contributed by atoms with Crippen LogP contribution in [-0.4, -0.2) is 33.9 Å². The lowest BCUT2D eigenvalue weighted by molar-refractivity contribution is 0.252. The predicted molar refractivity (Wildman–Crippen MR) is 87.7 cm³/mol. The van der Waals surface area contributed by atoms with Crippen LogP contribution in [0.2, 0.25) is 0 Å². The minimum Gasteiger partial charge on any atom is -0.337 e. The van der Waals surface area contributed by atoms with E-state index < -0.39 is 0 Å². The SMILES string of the molecule is CSC(C)CNC(=O)Nc1ccnn1Cc1ccccc1F. The molecule has 0 saturated heterocycles. The number of nitrogens with one attached hydrogen (secondary N) is 2. The fraction of sp³-hybridized carbons (Fsp3) is 0.333. The van der Waals surface area contributed by atoms with E-state index in [1.54, 1.807) is 46.9 Å². The van der Waals surface area contributed by atoms with Crippen LogP contribution in [0, 0.1) is 5.82 Å². The van der Waals surface area contributed by atoms with Crippen LogP contribution >= 0.6 is 11.8 Å². The molecule has 2 aromatic rings. The molecule has 0 bridgehead atoms. The fourth-order valence-corrected chi connectivity index (χ4v) is 2.08. The number of carbonyl (C=O) groups is 1. The van der Waals surface area contributed by atoms with Crippen LogP contribution < -0.4 is 10.6 Å². The summed E-state index contributed by atoms with van der Waals surface area (Å²) < 4.78 is 15.2. The van der Waals surface area contributed by atoms with Crippen LogP contribution in [0.1, 0.15) is 12.5 Å². The number of rotatable bonds is 6. The molecule has 1 heterocycles. The Morgan fingerprint density at radius 2 is 2.18 bits per heavy atom. The van der Waals surface area contributed by atoms with Crippen LogP contribution in [-0.2, 0) is 6.54 Å². The largest absolute Gasteiger partial charge is 0.337 e. The van der Waals surface area contributed by atoms with E-state index in [2.05, 4.69) is 15.7 Å². The van der Waals surface area contributed by atoms with Gasteiger partial charge in [-0.25, -0.2) is 13.9 Å². The normalized spacial score (nSPS) is 12.0. The molecule has 1 aromatic heterocycles. The van der Waals surface area contributed by atoms with Crippen molar-refractivity contribution in [3.63, 3.8) is 0 Å². The minimum absolute atomic E-state index is 0.260. The molecule has 0 aliphatic carbocycles. The van der Waals surface area contributed by atoms with Crippen molar-refractivity contribution in [3.8, 4) is 0 Å². The van der Waals surface area contributed by atoms with E-state index in [9.17, 15) is 9.18 Å². The Balaban J connectivity index is 1.98. The van der Waals surface area contributed by atoms with Gasteiger partial charge in [-0.05, 0) is 12.3 Å². The summed E-state index contributed by atoms with van der Waals surface area (Å²) in [6.45, 7) is 2.87. The zero-order valence-corrected chi connectivity index (χ0v) is 13.4. The number of urea groups is 1. The number of halogens is 1. The van der Waals surface area contributed by atoms with Crippen molar-refractivity contribution in [2.24, 2.45) is 0 Å². The maximum absolute atomic E-state index is 13.7. The molecule has 0 aliphatic rings. The lowest BCUT2D eigenvalue weighted by Crippen LogP contribution is -2.33. The lowest BCUT2D eigenvalue weighted by Gasteiger charge is -2.12. The van der Waals surface area contributed by atoms with E-state index in [-0.39, 0.29) is 18.4 Å². The highest BCUT2D eigenvalue weighted by molar-refractivity contribution is 7.99.